The van der Waals surface area contributed by atoms with Gasteiger partial charge in [-0.05, 0) is 42.9 Å². The van der Waals surface area contributed by atoms with Gasteiger partial charge in [0.25, 0.3) is 0 Å². The Morgan fingerprint density at radius 1 is 1.21 bits per heavy atom. The van der Waals surface area contributed by atoms with E-state index in [1.165, 1.54) is 24.1 Å². The van der Waals surface area contributed by atoms with Gasteiger partial charge in [0.05, 0.1) is 0 Å². The van der Waals surface area contributed by atoms with Crippen LogP contribution in [-0.4, -0.2) is 17.6 Å². The molecule has 2 nitrogen and oxygen atoms in total. The summed E-state index contributed by atoms with van der Waals surface area (Å²) < 4.78 is 0. The molecular formula is C17H30N2. The van der Waals surface area contributed by atoms with Crippen LogP contribution in [0.5, 0.6) is 0 Å². The maximum Gasteiger partial charge on any atom is 0.0419 e. The summed E-state index contributed by atoms with van der Waals surface area (Å²) >= 11 is 0. The molecule has 0 bridgehead atoms. The van der Waals surface area contributed by atoms with E-state index in [1.54, 1.807) is 0 Å². The molecule has 1 N–H and O–H groups in total. The van der Waals surface area contributed by atoms with Crippen molar-refractivity contribution in [2.75, 3.05) is 6.54 Å². The lowest BCUT2D eigenvalue weighted by molar-refractivity contribution is 0.229. The van der Waals surface area contributed by atoms with Crippen molar-refractivity contribution in [3.8, 4) is 0 Å². The van der Waals surface area contributed by atoms with Crippen molar-refractivity contribution in [3.05, 3.63) is 29.6 Å². The summed E-state index contributed by atoms with van der Waals surface area (Å²) in [5.41, 5.74) is 2.82. The average molecular weight is 262 g/mol. The Morgan fingerprint density at radius 3 is 2.42 bits per heavy atom. The number of aromatic nitrogens is 1. The Balaban J connectivity index is 2.75. The molecule has 1 aromatic rings. The Bertz CT molecular complexity index is 354. The summed E-state index contributed by atoms with van der Waals surface area (Å²) in [6.45, 7) is 12.4. The fourth-order valence-electron chi connectivity index (χ4n) is 2.18. The molecule has 0 aliphatic carbocycles. The third kappa shape index (κ3) is 4.94. The van der Waals surface area contributed by atoms with Gasteiger partial charge >= 0.3 is 0 Å². The highest BCUT2D eigenvalue weighted by molar-refractivity contribution is 5.15. The monoisotopic (exact) mass is 262 g/mol. The molecule has 0 fully saturated rings. The number of nitrogens with one attached hydrogen (secondary N) is 1. The lowest BCUT2D eigenvalue weighted by Crippen LogP contribution is -2.43. The maximum absolute atomic E-state index is 4.61. The predicted octanol–water partition coefficient (Wildman–Crippen LogP) is 3.99. The summed E-state index contributed by atoms with van der Waals surface area (Å²) in [5.74, 6) is 0. The van der Waals surface area contributed by atoms with E-state index < -0.39 is 0 Å². The maximum atomic E-state index is 4.61. The first-order valence-corrected chi connectivity index (χ1v) is 7.70. The second-order valence-electron chi connectivity index (χ2n) is 6.06. The molecule has 1 rings (SSSR count). The van der Waals surface area contributed by atoms with Crippen molar-refractivity contribution in [2.45, 2.75) is 66.3 Å². The van der Waals surface area contributed by atoms with Gasteiger partial charge in [-0.1, -0.05) is 40.7 Å². The van der Waals surface area contributed by atoms with Crippen molar-refractivity contribution in [1.29, 1.82) is 0 Å². The van der Waals surface area contributed by atoms with E-state index in [-0.39, 0.29) is 0 Å². The number of nitrogens with zero attached hydrogens (tertiary/aromatic N) is 1. The molecule has 19 heavy (non-hydrogen) atoms. The molecule has 0 aromatic carbocycles. The van der Waals surface area contributed by atoms with E-state index >= 15 is 0 Å². The summed E-state index contributed by atoms with van der Waals surface area (Å²) in [4.78, 5) is 4.61. The van der Waals surface area contributed by atoms with Gasteiger partial charge in [-0.2, -0.15) is 0 Å². The highest BCUT2D eigenvalue weighted by atomic mass is 14.9. The van der Waals surface area contributed by atoms with Gasteiger partial charge in [-0.3, -0.25) is 4.98 Å². The standard InChI is InChI=1S/C17H30N2/c1-6-11-18-16(17(4,5)8-3)12-15-10-9-14(7-2)13-19-15/h9-10,13,16,18H,6-8,11-12H2,1-5H3. The quantitative estimate of drug-likeness (QED) is 0.766. The van der Waals surface area contributed by atoms with Crippen LogP contribution in [0.2, 0.25) is 0 Å². The zero-order valence-electron chi connectivity index (χ0n) is 13.3. The van der Waals surface area contributed by atoms with Crippen molar-refractivity contribution in [1.82, 2.24) is 10.3 Å². The molecular weight excluding hydrogens is 232 g/mol. The van der Waals surface area contributed by atoms with E-state index in [0.717, 1.165) is 19.4 Å². The van der Waals surface area contributed by atoms with Crippen molar-refractivity contribution < 1.29 is 0 Å². The van der Waals surface area contributed by atoms with E-state index in [2.05, 4.69) is 57.1 Å². The first-order valence-electron chi connectivity index (χ1n) is 7.70. The van der Waals surface area contributed by atoms with Crippen LogP contribution in [0.15, 0.2) is 18.3 Å². The number of rotatable bonds is 8. The molecule has 1 heterocycles. The Hall–Kier alpha value is -0.890. The number of hydrogen-bond acceptors (Lipinski definition) is 2. The largest absolute Gasteiger partial charge is 0.313 e. The highest BCUT2D eigenvalue weighted by Crippen LogP contribution is 2.27. The molecule has 0 saturated carbocycles. The van der Waals surface area contributed by atoms with Crippen LogP contribution in [0.1, 0.15) is 58.7 Å². The first-order chi connectivity index (χ1) is 9.03. The Morgan fingerprint density at radius 2 is 1.95 bits per heavy atom. The lowest BCUT2D eigenvalue weighted by atomic mass is 9.79. The second kappa shape index (κ2) is 7.64. The summed E-state index contributed by atoms with van der Waals surface area (Å²) in [6.07, 6.45) is 6.46. The minimum Gasteiger partial charge on any atom is -0.313 e. The van der Waals surface area contributed by atoms with Gasteiger partial charge < -0.3 is 5.32 Å². The first kappa shape index (κ1) is 16.2. The number of hydrogen-bond donors (Lipinski definition) is 1. The number of pyridine rings is 1. The zero-order chi connectivity index (χ0) is 14.3. The summed E-state index contributed by atoms with van der Waals surface area (Å²) in [6, 6.07) is 4.89. The predicted molar refractivity (Wildman–Crippen MR) is 83.5 cm³/mol. The third-order valence-corrected chi connectivity index (χ3v) is 4.20. The van der Waals surface area contributed by atoms with Gasteiger partial charge in [0.2, 0.25) is 0 Å². The molecule has 2 heteroatoms. The van der Waals surface area contributed by atoms with Crippen LogP contribution in [0, 0.1) is 5.41 Å². The highest BCUT2D eigenvalue weighted by Gasteiger charge is 2.27. The molecule has 1 atom stereocenters. The van der Waals surface area contributed by atoms with Gasteiger partial charge in [0.1, 0.15) is 0 Å². The van der Waals surface area contributed by atoms with Crippen LogP contribution < -0.4 is 5.32 Å². The van der Waals surface area contributed by atoms with E-state index in [1.807, 2.05) is 6.20 Å². The molecule has 108 valence electrons. The van der Waals surface area contributed by atoms with E-state index in [9.17, 15) is 0 Å². The smallest absolute Gasteiger partial charge is 0.0419 e. The van der Waals surface area contributed by atoms with E-state index in [0.29, 0.717) is 11.5 Å². The van der Waals surface area contributed by atoms with Crippen LogP contribution in [0.3, 0.4) is 0 Å². The lowest BCUT2D eigenvalue weighted by Gasteiger charge is -2.34. The van der Waals surface area contributed by atoms with Gasteiger partial charge in [-0.15, -0.1) is 0 Å². The minimum absolute atomic E-state index is 0.306. The zero-order valence-corrected chi connectivity index (χ0v) is 13.3. The van der Waals surface area contributed by atoms with E-state index in [4.69, 9.17) is 0 Å². The molecule has 0 aliphatic rings. The molecule has 1 unspecified atom stereocenters. The molecule has 0 aliphatic heterocycles. The Kier molecular flexibility index (Phi) is 6.50. The van der Waals surface area contributed by atoms with Gasteiger partial charge in [0.15, 0.2) is 0 Å². The normalized spacial score (nSPS) is 13.5. The van der Waals surface area contributed by atoms with Crippen molar-refractivity contribution >= 4 is 0 Å². The molecule has 0 saturated heterocycles. The van der Waals surface area contributed by atoms with Crippen molar-refractivity contribution in [3.63, 3.8) is 0 Å². The third-order valence-electron chi connectivity index (χ3n) is 4.20. The average Bonchev–Trinajstić information content (AvgIpc) is 2.43. The minimum atomic E-state index is 0.306. The fraction of sp³-hybridized carbons (Fsp3) is 0.706. The van der Waals surface area contributed by atoms with Crippen LogP contribution >= 0.6 is 0 Å². The van der Waals surface area contributed by atoms with Crippen molar-refractivity contribution in [2.24, 2.45) is 5.41 Å². The van der Waals surface area contributed by atoms with Crippen LogP contribution in [0.4, 0.5) is 0 Å². The van der Waals surface area contributed by atoms with Crippen LogP contribution in [0.25, 0.3) is 0 Å². The summed E-state index contributed by atoms with van der Waals surface area (Å²) in [5, 5.41) is 3.70. The van der Waals surface area contributed by atoms with Gasteiger partial charge in [-0.25, -0.2) is 0 Å². The molecule has 1 aromatic heterocycles. The molecule has 0 radical (unpaired) electrons. The van der Waals surface area contributed by atoms with Crippen LogP contribution in [-0.2, 0) is 12.8 Å². The molecule has 0 amide bonds. The summed E-state index contributed by atoms with van der Waals surface area (Å²) in [7, 11) is 0. The SMILES string of the molecule is CCCNC(Cc1ccc(CC)cn1)C(C)(C)CC. The van der Waals surface area contributed by atoms with Gasteiger partial charge in [0, 0.05) is 24.4 Å². The second-order valence-corrected chi connectivity index (χ2v) is 6.06. The Labute approximate surface area is 119 Å². The number of aryl methyl sites for hydroxylation is 1. The molecule has 0 spiro atoms. The topological polar surface area (TPSA) is 24.9 Å². The fourth-order valence-corrected chi connectivity index (χ4v) is 2.18.